The van der Waals surface area contributed by atoms with Crippen LogP contribution in [0.4, 0.5) is 0 Å². The van der Waals surface area contributed by atoms with Gasteiger partial charge in [-0.25, -0.2) is 0 Å². The second-order valence-electron chi connectivity index (χ2n) is 7.32. The van der Waals surface area contributed by atoms with E-state index >= 15 is 0 Å². The number of amides is 1. The lowest BCUT2D eigenvalue weighted by Gasteiger charge is -2.41. The number of likely N-dealkylation sites (tertiary alicyclic amines) is 1. The normalized spacial score (nSPS) is 30.4. The van der Waals surface area contributed by atoms with E-state index in [1.807, 2.05) is 11.0 Å². The van der Waals surface area contributed by atoms with Crippen LogP contribution in [0.25, 0.3) is 0 Å². The maximum atomic E-state index is 13.1. The van der Waals surface area contributed by atoms with Gasteiger partial charge in [-0.2, -0.15) is 0 Å². The largest absolute Gasteiger partial charge is 0.465 e. The number of rotatable bonds is 4. The molecular weight excluding hydrogens is 320 g/mol. The van der Waals surface area contributed by atoms with Gasteiger partial charge in [0, 0.05) is 45.1 Å². The number of hydrogen-bond donors (Lipinski definition) is 0. The molecule has 0 radical (unpaired) electrons. The van der Waals surface area contributed by atoms with E-state index in [-0.39, 0.29) is 17.9 Å². The molecule has 0 saturated carbocycles. The van der Waals surface area contributed by atoms with Gasteiger partial charge in [0.25, 0.3) is 0 Å². The summed E-state index contributed by atoms with van der Waals surface area (Å²) in [7, 11) is 0. The Bertz CT molecular complexity index is 596. The molecule has 138 valence electrons. The fraction of sp³-hybridized carbons (Fsp3) is 0.737. The number of fused-ring (bicyclic) bond motifs is 1. The number of morpholine rings is 1. The first-order chi connectivity index (χ1) is 12.2. The molecular formula is C19H28N2O4. The third-order valence-electron chi connectivity index (χ3n) is 5.76. The fourth-order valence-corrected chi connectivity index (χ4v) is 4.38. The summed E-state index contributed by atoms with van der Waals surface area (Å²) in [5.41, 5.74) is 0. The van der Waals surface area contributed by atoms with Gasteiger partial charge in [0.2, 0.25) is 5.91 Å². The number of nitrogens with zero attached hydrogens (tertiary/aromatic N) is 2. The number of carbonyl (C=O) groups is 1. The minimum absolute atomic E-state index is 0.0277. The molecule has 0 spiro atoms. The Morgan fingerprint density at radius 1 is 1.16 bits per heavy atom. The summed E-state index contributed by atoms with van der Waals surface area (Å²) in [6.45, 7) is 8.03. The second kappa shape index (κ2) is 7.48. The Morgan fingerprint density at radius 2 is 1.96 bits per heavy atom. The molecule has 6 nitrogen and oxygen atoms in total. The highest BCUT2D eigenvalue weighted by Crippen LogP contribution is 2.35. The smallest absolute Gasteiger partial charge is 0.227 e. The van der Waals surface area contributed by atoms with Gasteiger partial charge in [-0.05, 0) is 18.6 Å². The summed E-state index contributed by atoms with van der Waals surface area (Å²) in [6.07, 6.45) is 2.08. The van der Waals surface area contributed by atoms with E-state index in [1.54, 1.807) is 0 Å². The molecule has 25 heavy (non-hydrogen) atoms. The first-order valence-corrected chi connectivity index (χ1v) is 9.52. The van der Waals surface area contributed by atoms with Crippen molar-refractivity contribution in [3.8, 4) is 0 Å². The molecule has 3 saturated heterocycles. The van der Waals surface area contributed by atoms with E-state index in [2.05, 4.69) is 17.9 Å². The summed E-state index contributed by atoms with van der Waals surface area (Å²) in [4.78, 5) is 17.4. The van der Waals surface area contributed by atoms with Crippen LogP contribution in [0, 0.1) is 11.8 Å². The van der Waals surface area contributed by atoms with Gasteiger partial charge in [-0.15, -0.1) is 0 Å². The lowest BCUT2D eigenvalue weighted by Crippen LogP contribution is -2.54. The zero-order valence-electron chi connectivity index (χ0n) is 15.0. The van der Waals surface area contributed by atoms with Crippen molar-refractivity contribution in [1.29, 1.82) is 0 Å². The summed E-state index contributed by atoms with van der Waals surface area (Å²) >= 11 is 0. The van der Waals surface area contributed by atoms with Crippen LogP contribution in [0.2, 0.25) is 0 Å². The molecule has 0 N–H and O–H groups in total. The maximum absolute atomic E-state index is 13.1. The van der Waals surface area contributed by atoms with Gasteiger partial charge >= 0.3 is 0 Å². The van der Waals surface area contributed by atoms with Crippen LogP contribution in [-0.2, 0) is 27.2 Å². The number of hydrogen-bond acceptors (Lipinski definition) is 5. The van der Waals surface area contributed by atoms with Crippen LogP contribution in [0.5, 0.6) is 0 Å². The predicted molar refractivity (Wildman–Crippen MR) is 92.1 cm³/mol. The minimum Gasteiger partial charge on any atom is -0.465 e. The molecule has 3 aliphatic heterocycles. The van der Waals surface area contributed by atoms with E-state index in [4.69, 9.17) is 13.9 Å². The topological polar surface area (TPSA) is 55.2 Å². The first kappa shape index (κ1) is 17.1. The molecule has 0 bridgehead atoms. The molecule has 3 atom stereocenters. The van der Waals surface area contributed by atoms with Gasteiger partial charge in [-0.1, -0.05) is 6.92 Å². The molecule has 1 aromatic rings. The molecule has 4 rings (SSSR count). The Balaban J connectivity index is 1.46. The minimum atomic E-state index is 0.0277. The van der Waals surface area contributed by atoms with Crippen LogP contribution >= 0.6 is 0 Å². The van der Waals surface area contributed by atoms with Gasteiger partial charge < -0.3 is 18.8 Å². The van der Waals surface area contributed by atoms with E-state index in [1.165, 1.54) is 0 Å². The van der Waals surface area contributed by atoms with Gasteiger partial charge in [0.1, 0.15) is 11.5 Å². The van der Waals surface area contributed by atoms with Crippen molar-refractivity contribution in [1.82, 2.24) is 9.80 Å². The predicted octanol–water partition coefficient (Wildman–Crippen LogP) is 1.54. The standard InChI is InChI=1S/C19H28N2O4/c1-2-14-3-4-15(25-14)11-20-12-17(16-5-8-24-18(16)13-20)19(22)21-6-9-23-10-7-21/h3-4,16-18H,2,5-13H2,1H3/t16-,17+,18+/m1/s1. The summed E-state index contributed by atoms with van der Waals surface area (Å²) in [5.74, 6) is 2.66. The third kappa shape index (κ3) is 3.61. The van der Waals surface area contributed by atoms with Crippen LogP contribution < -0.4 is 0 Å². The van der Waals surface area contributed by atoms with Crippen molar-refractivity contribution in [3.63, 3.8) is 0 Å². The average Bonchev–Trinajstić information content (AvgIpc) is 3.30. The van der Waals surface area contributed by atoms with Crippen molar-refractivity contribution in [2.45, 2.75) is 32.4 Å². The van der Waals surface area contributed by atoms with Gasteiger partial charge in [0.05, 0.1) is 31.8 Å². The maximum Gasteiger partial charge on any atom is 0.227 e. The highest BCUT2D eigenvalue weighted by Gasteiger charge is 2.45. The van der Waals surface area contributed by atoms with Crippen LogP contribution in [0.3, 0.4) is 0 Å². The lowest BCUT2D eigenvalue weighted by atomic mass is 9.81. The number of carbonyl (C=O) groups excluding carboxylic acids is 1. The van der Waals surface area contributed by atoms with E-state index in [9.17, 15) is 4.79 Å². The van der Waals surface area contributed by atoms with E-state index in [0.717, 1.165) is 50.6 Å². The number of aryl methyl sites for hydroxylation is 1. The first-order valence-electron chi connectivity index (χ1n) is 9.52. The highest BCUT2D eigenvalue weighted by atomic mass is 16.5. The molecule has 0 aromatic carbocycles. The van der Waals surface area contributed by atoms with Crippen molar-refractivity contribution >= 4 is 5.91 Å². The van der Waals surface area contributed by atoms with Gasteiger partial charge in [-0.3, -0.25) is 9.69 Å². The van der Waals surface area contributed by atoms with E-state index < -0.39 is 0 Å². The third-order valence-corrected chi connectivity index (χ3v) is 5.76. The zero-order chi connectivity index (χ0) is 17.2. The van der Waals surface area contributed by atoms with Crippen molar-refractivity contribution in [2.24, 2.45) is 11.8 Å². The Hall–Kier alpha value is -1.37. The number of furan rings is 1. The van der Waals surface area contributed by atoms with Crippen LogP contribution in [-0.4, -0.2) is 67.8 Å². The molecule has 4 heterocycles. The molecule has 1 aromatic heterocycles. The van der Waals surface area contributed by atoms with Crippen molar-refractivity contribution in [2.75, 3.05) is 46.0 Å². The number of piperidine rings is 1. The molecule has 0 aliphatic carbocycles. The molecule has 3 aliphatic rings. The molecule has 0 unspecified atom stereocenters. The fourth-order valence-electron chi connectivity index (χ4n) is 4.38. The van der Waals surface area contributed by atoms with E-state index in [0.29, 0.717) is 32.2 Å². The Labute approximate surface area is 149 Å². The quantitative estimate of drug-likeness (QED) is 0.826. The second-order valence-corrected chi connectivity index (χ2v) is 7.32. The number of ether oxygens (including phenoxy) is 2. The lowest BCUT2D eigenvalue weighted by molar-refractivity contribution is -0.146. The summed E-state index contributed by atoms with van der Waals surface area (Å²) in [5, 5.41) is 0. The van der Waals surface area contributed by atoms with Crippen molar-refractivity contribution < 1.29 is 18.7 Å². The van der Waals surface area contributed by atoms with Gasteiger partial charge in [0.15, 0.2) is 0 Å². The van der Waals surface area contributed by atoms with Crippen LogP contribution in [0.15, 0.2) is 16.5 Å². The Kier molecular flexibility index (Phi) is 5.10. The monoisotopic (exact) mass is 348 g/mol. The molecule has 1 amide bonds. The summed E-state index contributed by atoms with van der Waals surface area (Å²) < 4.78 is 17.2. The van der Waals surface area contributed by atoms with Crippen molar-refractivity contribution in [3.05, 3.63) is 23.7 Å². The Morgan fingerprint density at radius 3 is 2.72 bits per heavy atom. The highest BCUT2D eigenvalue weighted by molar-refractivity contribution is 5.79. The van der Waals surface area contributed by atoms with Crippen LogP contribution in [0.1, 0.15) is 24.9 Å². The molecule has 3 fully saturated rings. The average molecular weight is 348 g/mol. The zero-order valence-corrected chi connectivity index (χ0v) is 15.0. The summed E-state index contributed by atoms with van der Waals surface area (Å²) in [6, 6.07) is 4.10. The SMILES string of the molecule is CCc1ccc(CN2C[C@@H]3OCC[C@@H]3[C@@H](C(=O)N3CCOCC3)C2)o1. The molecule has 6 heteroatoms.